The van der Waals surface area contributed by atoms with Gasteiger partial charge in [0.25, 0.3) is 5.56 Å². The van der Waals surface area contributed by atoms with Gasteiger partial charge in [-0.1, -0.05) is 11.3 Å². The number of aromatic nitrogens is 5. The van der Waals surface area contributed by atoms with Gasteiger partial charge in [-0.3, -0.25) is 19.0 Å². The highest BCUT2D eigenvalue weighted by Crippen LogP contribution is 2.34. The van der Waals surface area contributed by atoms with E-state index in [1.165, 1.54) is 67.8 Å². The molecule has 43 heavy (non-hydrogen) atoms. The molecule has 0 aliphatic carbocycles. The fraction of sp³-hybridized carbons (Fsp3) is 0.448. The molecular formula is C29H35FN6O6S. The molecule has 0 aliphatic rings. The Morgan fingerprint density at radius 1 is 1.16 bits per heavy atom. The predicted octanol–water partition coefficient (Wildman–Crippen LogP) is 3.26. The van der Waals surface area contributed by atoms with Crippen LogP contribution in [0.25, 0.3) is 15.2 Å². The highest BCUT2D eigenvalue weighted by molar-refractivity contribution is 7.21. The van der Waals surface area contributed by atoms with Gasteiger partial charge < -0.3 is 14.8 Å². The molecule has 0 aliphatic heterocycles. The molecule has 1 N–H and O–H groups in total. The molecule has 4 aromatic rings. The molecule has 14 heteroatoms. The van der Waals surface area contributed by atoms with Gasteiger partial charge in [-0.25, -0.2) is 13.8 Å². The zero-order chi connectivity index (χ0) is 31.6. The van der Waals surface area contributed by atoms with Crippen molar-refractivity contribution in [2.24, 2.45) is 0 Å². The summed E-state index contributed by atoms with van der Waals surface area (Å²) < 4.78 is 28.3. The number of carbonyl (C=O) groups excluding carboxylic acids is 2. The van der Waals surface area contributed by atoms with E-state index in [1.807, 2.05) is 0 Å². The number of aryl methyl sites for hydroxylation is 1. The van der Waals surface area contributed by atoms with Crippen LogP contribution in [0.5, 0.6) is 5.75 Å². The first-order valence-electron chi connectivity index (χ1n) is 13.7. The van der Waals surface area contributed by atoms with Crippen molar-refractivity contribution in [3.05, 3.63) is 68.4 Å². The van der Waals surface area contributed by atoms with Crippen LogP contribution >= 0.6 is 11.3 Å². The number of benzene rings is 1. The number of amides is 1. The summed E-state index contributed by atoms with van der Waals surface area (Å²) in [5.41, 5.74) is -2.18. The van der Waals surface area contributed by atoms with Crippen molar-refractivity contribution < 1.29 is 23.5 Å². The summed E-state index contributed by atoms with van der Waals surface area (Å²) in [6.07, 6.45) is 2.10. The number of hydrogen-bond acceptors (Lipinski definition) is 9. The summed E-state index contributed by atoms with van der Waals surface area (Å²) in [5, 5.41) is 11.9. The maximum Gasteiger partial charge on any atom is 0.333 e. The van der Waals surface area contributed by atoms with Crippen molar-refractivity contribution >= 4 is 33.2 Å². The van der Waals surface area contributed by atoms with Gasteiger partial charge in [-0.05, 0) is 59.7 Å². The van der Waals surface area contributed by atoms with Crippen LogP contribution in [-0.4, -0.2) is 55.6 Å². The molecule has 1 aromatic carbocycles. The first-order chi connectivity index (χ1) is 20.3. The third kappa shape index (κ3) is 6.30. The van der Waals surface area contributed by atoms with E-state index >= 15 is 0 Å². The summed E-state index contributed by atoms with van der Waals surface area (Å²) >= 11 is 1.13. The zero-order valence-electron chi connectivity index (χ0n) is 25.1. The Kier molecular flexibility index (Phi) is 9.30. The predicted molar refractivity (Wildman–Crippen MR) is 160 cm³/mol. The van der Waals surface area contributed by atoms with E-state index in [1.54, 1.807) is 20.8 Å². The lowest BCUT2D eigenvalue weighted by molar-refractivity contribution is -0.129. The number of ketones is 1. The van der Waals surface area contributed by atoms with E-state index in [0.717, 1.165) is 15.9 Å². The molecule has 0 bridgehead atoms. The second-order valence-corrected chi connectivity index (χ2v) is 11.9. The molecule has 3 heterocycles. The molecule has 4 rings (SSSR count). The van der Waals surface area contributed by atoms with Gasteiger partial charge in [-0.2, -0.15) is 10.2 Å². The second kappa shape index (κ2) is 12.6. The van der Waals surface area contributed by atoms with Gasteiger partial charge in [0, 0.05) is 23.6 Å². The minimum Gasteiger partial charge on any atom is -0.496 e. The number of nitrogens with zero attached hydrogens (tertiary/aromatic N) is 5. The Hall–Kier alpha value is -4.17. The van der Waals surface area contributed by atoms with E-state index < -0.39 is 34.6 Å². The van der Waals surface area contributed by atoms with Crippen molar-refractivity contribution in [3.8, 4) is 10.8 Å². The van der Waals surface area contributed by atoms with Crippen LogP contribution in [0.1, 0.15) is 58.3 Å². The standard InChI is InChI=1S/C29H35FN6O6S/c1-16(2)33-27(39)29(5,6)35-24(38)23-18(4)25(36-31-11-12-32-36)43-26(23)34(28(35)40)15-22(42-13-10-17(3)37)20-14-19(30)8-9-21(20)41-7/h8-9,11-12,14,16,22H,10,13,15H2,1-7H3,(H,33,39)/t22-/m0/s1. The second-order valence-electron chi connectivity index (χ2n) is 10.9. The molecule has 0 unspecified atom stereocenters. The number of nitrogens with one attached hydrogen (secondary N) is 1. The van der Waals surface area contributed by atoms with Gasteiger partial charge in [0.15, 0.2) is 0 Å². The van der Waals surface area contributed by atoms with Crippen LogP contribution in [0.2, 0.25) is 0 Å². The van der Waals surface area contributed by atoms with Gasteiger partial charge >= 0.3 is 5.69 Å². The van der Waals surface area contributed by atoms with Crippen LogP contribution in [0.15, 0.2) is 40.2 Å². The number of thiophene rings is 1. The number of ether oxygens (including phenoxy) is 2. The normalized spacial score (nSPS) is 12.6. The van der Waals surface area contributed by atoms with Crippen molar-refractivity contribution in [1.29, 1.82) is 0 Å². The fourth-order valence-electron chi connectivity index (χ4n) is 4.75. The van der Waals surface area contributed by atoms with Crippen LogP contribution in [-0.2, 0) is 26.4 Å². The molecule has 0 saturated carbocycles. The summed E-state index contributed by atoms with van der Waals surface area (Å²) in [4.78, 5) is 55.1. The van der Waals surface area contributed by atoms with E-state index in [0.29, 0.717) is 26.7 Å². The lowest BCUT2D eigenvalue weighted by Crippen LogP contribution is -2.56. The average molecular weight is 615 g/mol. The first kappa shape index (κ1) is 31.8. The molecule has 0 spiro atoms. The highest BCUT2D eigenvalue weighted by atomic mass is 32.1. The summed E-state index contributed by atoms with van der Waals surface area (Å²) in [6, 6.07) is 3.69. The number of fused-ring (bicyclic) bond motifs is 1. The van der Waals surface area contributed by atoms with Crippen LogP contribution in [0, 0.1) is 12.7 Å². The average Bonchev–Trinajstić information content (AvgIpc) is 3.57. The Morgan fingerprint density at radius 3 is 2.44 bits per heavy atom. The number of methoxy groups -OCH3 is 1. The topological polar surface area (TPSA) is 139 Å². The highest BCUT2D eigenvalue weighted by Gasteiger charge is 2.36. The molecule has 230 valence electrons. The Labute approximate surface area is 251 Å². The Bertz CT molecular complexity index is 1770. The molecular weight excluding hydrogens is 579 g/mol. The Morgan fingerprint density at radius 2 is 1.84 bits per heavy atom. The molecule has 0 fully saturated rings. The number of halogens is 1. The van der Waals surface area contributed by atoms with Gasteiger partial charge in [-0.15, -0.1) is 4.80 Å². The Balaban J connectivity index is 2.02. The first-order valence-corrected chi connectivity index (χ1v) is 14.5. The molecule has 0 radical (unpaired) electrons. The third-order valence-corrected chi connectivity index (χ3v) is 8.26. The van der Waals surface area contributed by atoms with Gasteiger partial charge in [0.05, 0.1) is 38.0 Å². The summed E-state index contributed by atoms with van der Waals surface area (Å²) in [7, 11) is 1.43. The minimum absolute atomic E-state index is 0.00852. The smallest absolute Gasteiger partial charge is 0.333 e. The van der Waals surface area contributed by atoms with Crippen LogP contribution < -0.4 is 21.3 Å². The lowest BCUT2D eigenvalue weighted by Gasteiger charge is -2.28. The minimum atomic E-state index is -1.59. The van der Waals surface area contributed by atoms with E-state index in [9.17, 15) is 23.6 Å². The van der Waals surface area contributed by atoms with Crippen LogP contribution in [0.4, 0.5) is 4.39 Å². The third-order valence-electron chi connectivity index (χ3n) is 6.98. The van der Waals surface area contributed by atoms with E-state index in [-0.39, 0.29) is 36.8 Å². The molecule has 1 amide bonds. The maximum atomic E-state index is 14.5. The summed E-state index contributed by atoms with van der Waals surface area (Å²) in [5.74, 6) is -0.868. The number of rotatable bonds is 12. The molecule has 0 saturated heterocycles. The monoisotopic (exact) mass is 614 g/mol. The lowest BCUT2D eigenvalue weighted by atomic mass is 10.0. The van der Waals surface area contributed by atoms with Crippen molar-refractivity contribution in [2.45, 2.75) is 72.2 Å². The quantitative estimate of drug-likeness (QED) is 0.257. The maximum absolute atomic E-state index is 14.5. The summed E-state index contributed by atoms with van der Waals surface area (Å²) in [6.45, 7) is 9.49. The number of hydrogen-bond donors (Lipinski definition) is 1. The van der Waals surface area contributed by atoms with E-state index in [2.05, 4.69) is 15.5 Å². The fourth-order valence-corrected chi connectivity index (χ4v) is 5.97. The zero-order valence-corrected chi connectivity index (χ0v) is 26.0. The van der Waals surface area contributed by atoms with Crippen LogP contribution in [0.3, 0.4) is 0 Å². The van der Waals surface area contributed by atoms with Crippen molar-refractivity contribution in [1.82, 2.24) is 29.4 Å². The molecule has 12 nitrogen and oxygen atoms in total. The molecule has 3 aromatic heterocycles. The largest absolute Gasteiger partial charge is 0.496 e. The van der Waals surface area contributed by atoms with Gasteiger partial charge in [0.1, 0.15) is 38.8 Å². The number of Topliss-reactive ketones (excluding diaryl/α,β-unsaturated/α-hetero) is 1. The van der Waals surface area contributed by atoms with Gasteiger partial charge in [0.2, 0.25) is 5.91 Å². The number of carbonyl (C=O) groups is 2. The SMILES string of the molecule is COc1ccc(F)cc1[C@H](Cn1c(=O)n(C(C)(C)C(=O)NC(C)C)c(=O)c2c(C)c(-n3nccn3)sc21)OCCC(C)=O. The van der Waals surface area contributed by atoms with E-state index in [4.69, 9.17) is 9.47 Å². The van der Waals surface area contributed by atoms with Crippen molar-refractivity contribution in [2.75, 3.05) is 13.7 Å². The molecule has 1 atom stereocenters. The van der Waals surface area contributed by atoms with Crippen molar-refractivity contribution in [3.63, 3.8) is 0 Å².